The second kappa shape index (κ2) is 7.60. The molecule has 4 rings (SSSR count). The molecule has 25 heavy (non-hydrogen) atoms. The van der Waals surface area contributed by atoms with Gasteiger partial charge in [-0.1, -0.05) is 6.07 Å². The number of anilines is 1. The van der Waals surface area contributed by atoms with Gasteiger partial charge in [-0.2, -0.15) is 0 Å². The van der Waals surface area contributed by atoms with Crippen LogP contribution in [0, 0.1) is 5.92 Å². The number of pyridine rings is 1. The number of urea groups is 1. The van der Waals surface area contributed by atoms with Crippen molar-refractivity contribution in [1.82, 2.24) is 20.5 Å². The summed E-state index contributed by atoms with van der Waals surface area (Å²) in [7, 11) is 0. The van der Waals surface area contributed by atoms with E-state index in [1.54, 1.807) is 0 Å². The molecule has 1 saturated carbocycles. The van der Waals surface area contributed by atoms with Crippen molar-refractivity contribution >= 4 is 11.8 Å². The summed E-state index contributed by atoms with van der Waals surface area (Å²) in [6.07, 6.45) is 8.32. The van der Waals surface area contributed by atoms with E-state index in [1.165, 1.54) is 38.6 Å². The van der Waals surface area contributed by atoms with Crippen LogP contribution in [0.25, 0.3) is 0 Å². The molecule has 0 aromatic carbocycles. The summed E-state index contributed by atoms with van der Waals surface area (Å²) in [5.41, 5.74) is 1.04. The van der Waals surface area contributed by atoms with Crippen LogP contribution in [-0.2, 0) is 6.54 Å². The van der Waals surface area contributed by atoms with Crippen molar-refractivity contribution in [2.45, 2.75) is 44.7 Å². The van der Waals surface area contributed by atoms with Crippen LogP contribution in [0.3, 0.4) is 0 Å². The Morgan fingerprint density at radius 2 is 1.96 bits per heavy atom. The van der Waals surface area contributed by atoms with Gasteiger partial charge in [0.2, 0.25) is 0 Å². The number of nitrogens with zero attached hydrogens (tertiary/aromatic N) is 3. The van der Waals surface area contributed by atoms with E-state index in [9.17, 15) is 4.79 Å². The molecule has 3 aliphatic rings. The van der Waals surface area contributed by atoms with Gasteiger partial charge >= 0.3 is 6.03 Å². The molecule has 1 aromatic heterocycles. The van der Waals surface area contributed by atoms with Crippen LogP contribution >= 0.6 is 0 Å². The first-order valence-electron chi connectivity index (χ1n) is 9.73. The first-order chi connectivity index (χ1) is 12.3. The molecule has 1 atom stereocenters. The second-order valence-corrected chi connectivity index (χ2v) is 7.66. The molecule has 6 heteroatoms. The summed E-state index contributed by atoms with van der Waals surface area (Å²) < 4.78 is 0. The molecule has 2 amide bonds. The smallest absolute Gasteiger partial charge is 0.315 e. The maximum Gasteiger partial charge on any atom is 0.315 e. The van der Waals surface area contributed by atoms with Gasteiger partial charge in [-0.25, -0.2) is 9.78 Å². The van der Waals surface area contributed by atoms with E-state index in [0.717, 1.165) is 43.6 Å². The quantitative estimate of drug-likeness (QED) is 0.829. The van der Waals surface area contributed by atoms with E-state index in [-0.39, 0.29) is 6.03 Å². The molecular weight excluding hydrogens is 314 g/mol. The normalized spacial score (nSPS) is 23.8. The molecule has 0 unspecified atom stereocenters. The number of nitrogens with one attached hydrogen (secondary N) is 2. The van der Waals surface area contributed by atoms with Crippen LogP contribution < -0.4 is 15.5 Å². The molecule has 3 heterocycles. The van der Waals surface area contributed by atoms with Gasteiger partial charge in [0.15, 0.2) is 0 Å². The molecule has 0 spiro atoms. The molecule has 1 aliphatic carbocycles. The average molecular weight is 343 g/mol. The molecule has 6 nitrogen and oxygen atoms in total. The summed E-state index contributed by atoms with van der Waals surface area (Å²) in [6, 6.07) is 4.89. The van der Waals surface area contributed by atoms with Crippen LogP contribution in [0.4, 0.5) is 10.6 Å². The van der Waals surface area contributed by atoms with Crippen LogP contribution in [0.15, 0.2) is 18.3 Å². The maximum atomic E-state index is 12.0. The van der Waals surface area contributed by atoms with Crippen LogP contribution in [0.2, 0.25) is 0 Å². The number of likely N-dealkylation sites (tertiary alicyclic amines) is 1. The van der Waals surface area contributed by atoms with Crippen molar-refractivity contribution in [2.75, 3.05) is 37.6 Å². The number of hydrogen-bond acceptors (Lipinski definition) is 4. The lowest BCUT2D eigenvalue weighted by atomic mass is 10.1. The average Bonchev–Trinajstić information content (AvgIpc) is 3.15. The zero-order valence-electron chi connectivity index (χ0n) is 14.9. The van der Waals surface area contributed by atoms with Crippen molar-refractivity contribution < 1.29 is 4.79 Å². The topological polar surface area (TPSA) is 60.5 Å². The standard InChI is InChI=1S/C19H29N5O/c25-19(22-13-16-7-10-24(14-16)17-4-5-17)21-12-15-3-6-18(20-11-15)23-8-1-2-9-23/h3,6,11,16-17H,1-2,4-5,7-10,12-14H2,(H2,21,22,25)/t16-/m1/s1. The Morgan fingerprint density at radius 1 is 1.12 bits per heavy atom. The number of carbonyl (C=O) groups excluding carboxylic acids is 1. The van der Waals surface area contributed by atoms with Crippen LogP contribution in [0.5, 0.6) is 0 Å². The van der Waals surface area contributed by atoms with Crippen molar-refractivity contribution in [3.05, 3.63) is 23.9 Å². The van der Waals surface area contributed by atoms with Gasteiger partial charge in [-0.15, -0.1) is 0 Å². The van der Waals surface area contributed by atoms with E-state index in [1.807, 2.05) is 6.20 Å². The van der Waals surface area contributed by atoms with Crippen molar-refractivity contribution in [2.24, 2.45) is 5.92 Å². The third-order valence-electron chi connectivity index (χ3n) is 5.62. The molecule has 2 saturated heterocycles. The minimum absolute atomic E-state index is 0.0755. The predicted molar refractivity (Wildman–Crippen MR) is 98.6 cm³/mol. The Labute approximate surface area is 150 Å². The molecule has 0 bridgehead atoms. The van der Waals surface area contributed by atoms with Gasteiger partial charge in [-0.3, -0.25) is 0 Å². The Morgan fingerprint density at radius 3 is 2.68 bits per heavy atom. The molecule has 0 radical (unpaired) electrons. The van der Waals surface area contributed by atoms with Crippen molar-refractivity contribution in [1.29, 1.82) is 0 Å². The zero-order valence-corrected chi connectivity index (χ0v) is 14.9. The molecule has 3 fully saturated rings. The summed E-state index contributed by atoms with van der Waals surface area (Å²) in [5, 5.41) is 5.97. The lowest BCUT2D eigenvalue weighted by molar-refractivity contribution is 0.238. The van der Waals surface area contributed by atoms with Gasteiger partial charge in [0.05, 0.1) is 0 Å². The highest BCUT2D eigenvalue weighted by molar-refractivity contribution is 5.73. The van der Waals surface area contributed by atoms with Crippen LogP contribution in [0.1, 0.15) is 37.7 Å². The highest BCUT2D eigenvalue weighted by Crippen LogP contribution is 2.31. The fourth-order valence-electron chi connectivity index (χ4n) is 3.94. The van der Waals surface area contributed by atoms with Crippen LogP contribution in [-0.4, -0.2) is 54.7 Å². The Hall–Kier alpha value is -1.82. The van der Waals surface area contributed by atoms with Gasteiger partial charge in [0.1, 0.15) is 5.82 Å². The van der Waals surface area contributed by atoms with E-state index in [4.69, 9.17) is 0 Å². The zero-order chi connectivity index (χ0) is 17.1. The highest BCUT2D eigenvalue weighted by atomic mass is 16.2. The third-order valence-corrected chi connectivity index (χ3v) is 5.62. The monoisotopic (exact) mass is 343 g/mol. The summed E-state index contributed by atoms with van der Waals surface area (Å²) in [4.78, 5) is 21.4. The molecular formula is C19H29N5O. The number of carbonyl (C=O) groups is 1. The van der Waals surface area contributed by atoms with Crippen molar-refractivity contribution in [3.63, 3.8) is 0 Å². The first kappa shape index (κ1) is 16.6. The fraction of sp³-hybridized carbons (Fsp3) is 0.684. The molecule has 2 N–H and O–H groups in total. The highest BCUT2D eigenvalue weighted by Gasteiger charge is 2.34. The summed E-state index contributed by atoms with van der Waals surface area (Å²) in [5.74, 6) is 1.65. The Balaban J connectivity index is 1.16. The van der Waals surface area contributed by atoms with E-state index < -0.39 is 0 Å². The fourth-order valence-corrected chi connectivity index (χ4v) is 3.94. The van der Waals surface area contributed by atoms with Gasteiger partial charge < -0.3 is 20.4 Å². The maximum absolute atomic E-state index is 12.0. The van der Waals surface area contributed by atoms with Crippen molar-refractivity contribution in [3.8, 4) is 0 Å². The molecule has 1 aromatic rings. The van der Waals surface area contributed by atoms with Gasteiger partial charge in [-0.05, 0) is 56.2 Å². The first-order valence-corrected chi connectivity index (χ1v) is 9.73. The number of amides is 2. The molecule has 2 aliphatic heterocycles. The van der Waals surface area contributed by atoms with Gasteiger partial charge in [0.25, 0.3) is 0 Å². The SMILES string of the molecule is O=C(NCc1ccc(N2CCCC2)nc1)NC[C@H]1CCN(C2CC2)C1. The minimum Gasteiger partial charge on any atom is -0.357 e. The Bertz CT molecular complexity index is 580. The minimum atomic E-state index is -0.0755. The second-order valence-electron chi connectivity index (χ2n) is 7.66. The third kappa shape index (κ3) is 4.42. The molecule has 136 valence electrons. The summed E-state index contributed by atoms with van der Waals surface area (Å²) >= 11 is 0. The lowest BCUT2D eigenvalue weighted by Crippen LogP contribution is -2.38. The Kier molecular flexibility index (Phi) is 5.06. The number of rotatable bonds is 6. The largest absolute Gasteiger partial charge is 0.357 e. The lowest BCUT2D eigenvalue weighted by Gasteiger charge is -2.16. The van der Waals surface area contributed by atoms with E-state index in [2.05, 4.69) is 37.6 Å². The summed E-state index contributed by atoms with van der Waals surface area (Å²) in [6.45, 7) is 5.86. The van der Waals surface area contributed by atoms with Gasteiger partial charge in [0, 0.05) is 45.0 Å². The van der Waals surface area contributed by atoms with E-state index >= 15 is 0 Å². The van der Waals surface area contributed by atoms with E-state index in [0.29, 0.717) is 12.5 Å². The number of hydrogen-bond donors (Lipinski definition) is 2. The predicted octanol–water partition coefficient (Wildman–Crippen LogP) is 1.97. The number of aromatic nitrogens is 1.